The highest BCUT2D eigenvalue weighted by atomic mass is 32.2. The third-order valence-electron chi connectivity index (χ3n) is 1.38. The Hall–Kier alpha value is -0.590. The maximum absolute atomic E-state index is 11.1. The zero-order valence-corrected chi connectivity index (χ0v) is 7.94. The van der Waals surface area contributed by atoms with E-state index in [1.54, 1.807) is 6.92 Å². The Morgan fingerprint density at radius 3 is 2.50 bits per heavy atom. The molecule has 1 heterocycles. The SMILES string of the molecule is Cc1scc(O)c1S(=O)(=O)CO. The first kappa shape index (κ1) is 9.50. The normalized spacial score (nSPS) is 11.8. The van der Waals surface area contributed by atoms with Gasteiger partial charge in [0.1, 0.15) is 16.6 Å². The van der Waals surface area contributed by atoms with Crippen LogP contribution in [0.3, 0.4) is 0 Å². The summed E-state index contributed by atoms with van der Waals surface area (Å²) in [6, 6.07) is 0. The van der Waals surface area contributed by atoms with E-state index in [4.69, 9.17) is 10.2 Å². The van der Waals surface area contributed by atoms with Gasteiger partial charge in [0, 0.05) is 10.3 Å². The molecule has 0 atom stereocenters. The van der Waals surface area contributed by atoms with Crippen LogP contribution in [0.25, 0.3) is 0 Å². The van der Waals surface area contributed by atoms with Crippen molar-refractivity contribution in [2.45, 2.75) is 11.8 Å². The number of hydrogen-bond donors (Lipinski definition) is 2. The lowest BCUT2D eigenvalue weighted by atomic mass is 10.5. The largest absolute Gasteiger partial charge is 0.506 e. The van der Waals surface area contributed by atoms with Crippen LogP contribution in [0.5, 0.6) is 5.75 Å². The van der Waals surface area contributed by atoms with Gasteiger partial charge in [-0.2, -0.15) is 0 Å². The van der Waals surface area contributed by atoms with Crippen molar-refractivity contribution in [2.75, 3.05) is 5.94 Å². The predicted octanol–water partition coefficient (Wildman–Crippen LogP) is 0.486. The van der Waals surface area contributed by atoms with E-state index in [1.807, 2.05) is 0 Å². The Morgan fingerprint density at radius 2 is 2.17 bits per heavy atom. The number of thiophene rings is 1. The fraction of sp³-hybridized carbons (Fsp3) is 0.333. The zero-order chi connectivity index (χ0) is 9.35. The lowest BCUT2D eigenvalue weighted by molar-refractivity contribution is 0.357. The second kappa shape index (κ2) is 3.04. The Balaban J connectivity index is 3.37. The Labute approximate surface area is 74.0 Å². The summed E-state index contributed by atoms with van der Waals surface area (Å²) < 4.78 is 22.2. The highest BCUT2D eigenvalue weighted by Gasteiger charge is 2.21. The smallest absolute Gasteiger partial charge is 0.206 e. The van der Waals surface area contributed by atoms with Gasteiger partial charge in [-0.25, -0.2) is 8.42 Å². The molecule has 0 fully saturated rings. The maximum Gasteiger partial charge on any atom is 0.206 e. The molecule has 4 nitrogen and oxygen atoms in total. The topological polar surface area (TPSA) is 74.6 Å². The minimum Gasteiger partial charge on any atom is -0.506 e. The average molecular weight is 208 g/mol. The second-order valence-corrected chi connectivity index (χ2v) is 5.23. The van der Waals surface area contributed by atoms with Gasteiger partial charge in [0.2, 0.25) is 9.84 Å². The molecular weight excluding hydrogens is 200 g/mol. The fourth-order valence-corrected chi connectivity index (χ4v) is 3.04. The Kier molecular flexibility index (Phi) is 2.41. The molecule has 1 rings (SSSR count). The summed E-state index contributed by atoms with van der Waals surface area (Å²) >= 11 is 1.13. The third kappa shape index (κ3) is 1.45. The van der Waals surface area contributed by atoms with Crippen LogP contribution in [-0.2, 0) is 9.84 Å². The van der Waals surface area contributed by atoms with Crippen LogP contribution in [0.4, 0.5) is 0 Å². The summed E-state index contributed by atoms with van der Waals surface area (Å²) in [6.45, 7) is 1.58. The molecule has 0 amide bonds. The molecule has 0 spiro atoms. The van der Waals surface area contributed by atoms with Crippen LogP contribution in [0.15, 0.2) is 10.3 Å². The van der Waals surface area contributed by atoms with Gasteiger partial charge >= 0.3 is 0 Å². The van der Waals surface area contributed by atoms with Crippen LogP contribution in [-0.4, -0.2) is 24.6 Å². The highest BCUT2D eigenvalue weighted by molar-refractivity contribution is 7.91. The number of rotatable bonds is 2. The summed E-state index contributed by atoms with van der Waals surface area (Å²) in [4.78, 5) is 0.330. The maximum atomic E-state index is 11.1. The van der Waals surface area contributed by atoms with Crippen molar-refractivity contribution in [1.29, 1.82) is 0 Å². The highest BCUT2D eigenvalue weighted by Crippen LogP contribution is 2.32. The minimum absolute atomic E-state index is 0.157. The van der Waals surface area contributed by atoms with Crippen LogP contribution >= 0.6 is 11.3 Å². The fourth-order valence-electron chi connectivity index (χ4n) is 0.874. The summed E-state index contributed by atoms with van der Waals surface area (Å²) in [5, 5.41) is 19.0. The summed E-state index contributed by atoms with van der Waals surface area (Å²) in [7, 11) is -3.70. The third-order valence-corrected chi connectivity index (χ3v) is 3.89. The van der Waals surface area contributed by atoms with E-state index >= 15 is 0 Å². The molecule has 0 aliphatic rings. The average Bonchev–Trinajstić information content (AvgIpc) is 2.31. The lowest BCUT2D eigenvalue weighted by Gasteiger charge is -1.99. The quantitative estimate of drug-likeness (QED) is 0.741. The molecule has 0 aliphatic heterocycles. The van der Waals surface area contributed by atoms with E-state index in [0.717, 1.165) is 11.3 Å². The molecule has 0 unspecified atom stereocenters. The minimum atomic E-state index is -3.70. The van der Waals surface area contributed by atoms with Gasteiger partial charge in [-0.05, 0) is 6.92 Å². The molecule has 0 saturated heterocycles. The van der Waals surface area contributed by atoms with E-state index < -0.39 is 15.8 Å². The molecule has 0 aliphatic carbocycles. The van der Waals surface area contributed by atoms with Crippen LogP contribution in [0.1, 0.15) is 4.88 Å². The van der Waals surface area contributed by atoms with Crippen molar-refractivity contribution < 1.29 is 18.6 Å². The van der Waals surface area contributed by atoms with Crippen LogP contribution in [0, 0.1) is 6.92 Å². The van der Waals surface area contributed by atoms with E-state index in [9.17, 15) is 8.42 Å². The van der Waals surface area contributed by atoms with Gasteiger partial charge in [-0.1, -0.05) is 0 Å². The molecule has 0 bridgehead atoms. The molecule has 68 valence electrons. The van der Waals surface area contributed by atoms with E-state index in [-0.39, 0.29) is 10.6 Å². The van der Waals surface area contributed by atoms with Crippen LogP contribution < -0.4 is 0 Å². The molecule has 2 N–H and O–H groups in total. The molecular formula is C6H8O4S2. The van der Waals surface area contributed by atoms with Gasteiger partial charge in [0.05, 0.1) is 0 Å². The molecule has 0 radical (unpaired) electrons. The Morgan fingerprint density at radius 1 is 1.58 bits per heavy atom. The number of sulfone groups is 1. The Bertz CT molecular complexity index is 357. The standard InChI is InChI=1S/C6H8O4S2/c1-4-6(5(8)2-11-4)12(9,10)3-7/h2,7-8H,3H2,1H3. The summed E-state index contributed by atoms with van der Waals surface area (Å²) in [6.07, 6.45) is 0. The lowest BCUT2D eigenvalue weighted by Crippen LogP contribution is -2.05. The van der Waals surface area contributed by atoms with E-state index in [2.05, 4.69) is 0 Å². The number of aliphatic hydroxyl groups is 1. The summed E-state index contributed by atoms with van der Waals surface area (Å²) in [5.41, 5.74) is 0. The molecule has 6 heteroatoms. The molecule has 0 saturated carbocycles. The zero-order valence-electron chi connectivity index (χ0n) is 6.31. The van der Waals surface area contributed by atoms with Crippen molar-refractivity contribution in [3.05, 3.63) is 10.3 Å². The van der Waals surface area contributed by atoms with Crippen molar-refractivity contribution >= 4 is 21.2 Å². The van der Waals surface area contributed by atoms with Crippen molar-refractivity contribution in [3.8, 4) is 5.75 Å². The first-order valence-electron chi connectivity index (χ1n) is 3.09. The molecule has 12 heavy (non-hydrogen) atoms. The number of hydrogen-bond acceptors (Lipinski definition) is 5. The van der Waals surface area contributed by atoms with Gasteiger partial charge in [0.15, 0.2) is 0 Å². The van der Waals surface area contributed by atoms with Gasteiger partial charge < -0.3 is 10.2 Å². The van der Waals surface area contributed by atoms with Crippen LogP contribution in [0.2, 0.25) is 0 Å². The first-order chi connectivity index (χ1) is 5.49. The van der Waals surface area contributed by atoms with E-state index in [0.29, 0.717) is 4.88 Å². The summed E-state index contributed by atoms with van der Waals surface area (Å²) in [5.74, 6) is -1.26. The monoisotopic (exact) mass is 208 g/mol. The number of aryl methyl sites for hydroxylation is 1. The van der Waals surface area contributed by atoms with Crippen molar-refractivity contribution in [2.24, 2.45) is 0 Å². The number of aromatic hydroxyl groups is 1. The van der Waals surface area contributed by atoms with Crippen molar-refractivity contribution in [1.82, 2.24) is 0 Å². The van der Waals surface area contributed by atoms with Gasteiger partial charge in [-0.3, -0.25) is 0 Å². The first-order valence-corrected chi connectivity index (χ1v) is 5.63. The predicted molar refractivity (Wildman–Crippen MR) is 45.0 cm³/mol. The van der Waals surface area contributed by atoms with Crippen molar-refractivity contribution in [3.63, 3.8) is 0 Å². The van der Waals surface area contributed by atoms with Gasteiger partial charge in [0.25, 0.3) is 0 Å². The number of aliphatic hydroxyl groups excluding tert-OH is 1. The second-order valence-electron chi connectivity index (χ2n) is 2.25. The molecule has 1 aromatic heterocycles. The molecule has 0 aromatic carbocycles. The van der Waals surface area contributed by atoms with Gasteiger partial charge in [-0.15, -0.1) is 11.3 Å². The van der Waals surface area contributed by atoms with E-state index in [1.165, 1.54) is 5.38 Å². The molecule has 1 aromatic rings.